The van der Waals surface area contributed by atoms with Crippen molar-refractivity contribution in [1.29, 1.82) is 0 Å². The Kier molecular flexibility index (Phi) is 7.48. The fourth-order valence-electron chi connectivity index (χ4n) is 2.31. The van der Waals surface area contributed by atoms with E-state index >= 15 is 0 Å². The van der Waals surface area contributed by atoms with Crippen molar-refractivity contribution in [3.8, 4) is 0 Å². The van der Waals surface area contributed by atoms with E-state index in [9.17, 15) is 29.1 Å². The fraction of sp³-hybridized carbons (Fsp3) is 0.500. The van der Waals surface area contributed by atoms with Gasteiger partial charge in [0.05, 0.1) is 20.8 Å². The lowest BCUT2D eigenvalue weighted by atomic mass is 10.0. The normalized spacial score (nSPS) is 15.0. The van der Waals surface area contributed by atoms with Crippen LogP contribution in [0.1, 0.15) is 27.7 Å². The smallest absolute Gasteiger partial charge is 0.342 e. The Bertz CT molecular complexity index is 776. The number of carbonyl (C=O) groups is 5. The molecule has 0 aliphatic carbocycles. The molecule has 0 aromatic rings. The highest BCUT2D eigenvalue weighted by molar-refractivity contribution is 6.17. The third-order valence-electron chi connectivity index (χ3n) is 3.87. The first kappa shape index (κ1) is 22.9. The maximum absolute atomic E-state index is 13.0. The number of carbonyl (C=O) groups excluding carboxylic acids is 5. The molecule has 1 aliphatic rings. The molecule has 28 heavy (non-hydrogen) atoms. The summed E-state index contributed by atoms with van der Waals surface area (Å²) in [5.74, 6) is -6.66. The van der Waals surface area contributed by atoms with Gasteiger partial charge < -0.3 is 19.9 Å². The van der Waals surface area contributed by atoms with Crippen LogP contribution in [0.15, 0.2) is 22.6 Å². The number of hydrogen-bond donors (Lipinski definition) is 2. The summed E-state index contributed by atoms with van der Waals surface area (Å²) in [5, 5.41) is 12.7. The van der Waals surface area contributed by atoms with Gasteiger partial charge in [-0.1, -0.05) is 27.7 Å². The molecule has 1 rings (SSSR count). The molecule has 0 bridgehead atoms. The van der Waals surface area contributed by atoms with Crippen molar-refractivity contribution >= 4 is 29.7 Å². The summed E-state index contributed by atoms with van der Waals surface area (Å²) in [6.07, 6.45) is 0. The standard InChI is InChI=1S/C18H24N2O8/c1-8(2)14(22)19-13-12(18(26)28-6)11(17(25)27-5)10(21)7-20(16(13)24)15(23)9(3)4/h8-9,21H,7H2,1-6H3,(H,19,22). The number of ether oxygens (including phenoxy) is 2. The summed E-state index contributed by atoms with van der Waals surface area (Å²) < 4.78 is 9.22. The van der Waals surface area contributed by atoms with Crippen LogP contribution in [0.25, 0.3) is 0 Å². The topological polar surface area (TPSA) is 139 Å². The Morgan fingerprint density at radius 2 is 1.46 bits per heavy atom. The minimum atomic E-state index is -1.17. The highest BCUT2D eigenvalue weighted by Gasteiger charge is 2.40. The molecule has 0 saturated carbocycles. The minimum Gasteiger partial charge on any atom is -0.509 e. The Morgan fingerprint density at radius 1 is 0.964 bits per heavy atom. The van der Waals surface area contributed by atoms with Crippen molar-refractivity contribution in [2.45, 2.75) is 27.7 Å². The molecule has 0 aromatic heterocycles. The van der Waals surface area contributed by atoms with Gasteiger partial charge in [0.2, 0.25) is 11.8 Å². The molecule has 1 aliphatic heterocycles. The Morgan fingerprint density at radius 3 is 1.89 bits per heavy atom. The highest BCUT2D eigenvalue weighted by atomic mass is 16.5. The minimum absolute atomic E-state index is 0.587. The molecule has 154 valence electrons. The average molecular weight is 396 g/mol. The molecule has 0 aromatic carbocycles. The number of hydrogen-bond acceptors (Lipinski definition) is 8. The van der Waals surface area contributed by atoms with Crippen LogP contribution in [-0.4, -0.2) is 60.4 Å². The largest absolute Gasteiger partial charge is 0.509 e. The van der Waals surface area contributed by atoms with Crippen LogP contribution >= 0.6 is 0 Å². The number of aliphatic hydroxyl groups excluding tert-OH is 1. The van der Waals surface area contributed by atoms with Gasteiger partial charge in [0, 0.05) is 11.8 Å². The van der Waals surface area contributed by atoms with Gasteiger partial charge in [0.15, 0.2) is 0 Å². The molecule has 10 heteroatoms. The summed E-state index contributed by atoms with van der Waals surface area (Å²) >= 11 is 0. The van der Waals surface area contributed by atoms with Gasteiger partial charge in [-0.25, -0.2) is 9.59 Å². The first-order chi connectivity index (χ1) is 13.0. The number of nitrogens with one attached hydrogen (secondary N) is 1. The van der Waals surface area contributed by atoms with Crippen molar-refractivity contribution in [3.63, 3.8) is 0 Å². The predicted octanol–water partition coefficient (Wildman–Crippen LogP) is 0.196. The summed E-state index contributed by atoms with van der Waals surface area (Å²) in [5.41, 5.74) is -2.00. The maximum atomic E-state index is 13.0. The van der Waals surface area contributed by atoms with Gasteiger partial charge in [-0.05, 0) is 0 Å². The van der Waals surface area contributed by atoms with Gasteiger partial charge in [0.1, 0.15) is 22.6 Å². The van der Waals surface area contributed by atoms with Gasteiger partial charge in [0.25, 0.3) is 5.91 Å². The molecular formula is C18H24N2O8. The van der Waals surface area contributed by atoms with Crippen LogP contribution < -0.4 is 5.32 Å². The van der Waals surface area contributed by atoms with E-state index in [2.05, 4.69) is 14.8 Å². The van der Waals surface area contributed by atoms with E-state index in [1.165, 1.54) is 13.8 Å². The Balaban J connectivity index is 3.85. The molecule has 0 atom stereocenters. The molecule has 0 saturated heterocycles. The number of amides is 3. The van der Waals surface area contributed by atoms with E-state index in [1.54, 1.807) is 13.8 Å². The predicted molar refractivity (Wildman–Crippen MR) is 95.3 cm³/mol. The number of aliphatic hydroxyl groups is 1. The molecule has 2 N–H and O–H groups in total. The van der Waals surface area contributed by atoms with E-state index in [-0.39, 0.29) is 0 Å². The number of nitrogens with zero attached hydrogens (tertiary/aromatic N) is 1. The van der Waals surface area contributed by atoms with Crippen LogP contribution in [0.5, 0.6) is 0 Å². The first-order valence-electron chi connectivity index (χ1n) is 8.47. The second-order valence-corrected chi connectivity index (χ2v) is 6.58. The number of imide groups is 1. The Labute approximate surface area is 162 Å². The number of rotatable bonds is 5. The number of esters is 2. The Hall–Kier alpha value is -3.17. The molecule has 10 nitrogen and oxygen atoms in total. The molecule has 0 fully saturated rings. The molecule has 0 spiro atoms. The number of methoxy groups -OCH3 is 2. The van der Waals surface area contributed by atoms with Gasteiger partial charge in [-0.15, -0.1) is 0 Å². The van der Waals surface area contributed by atoms with E-state index in [4.69, 9.17) is 0 Å². The van der Waals surface area contributed by atoms with Crippen LogP contribution in [0.4, 0.5) is 0 Å². The third-order valence-corrected chi connectivity index (χ3v) is 3.87. The lowest BCUT2D eigenvalue weighted by molar-refractivity contribution is -0.146. The SMILES string of the molecule is COC(=O)C1=C(O)CN(C(=O)C(C)C)C(=O)C(NC(=O)C(C)C)=C1C(=O)OC. The van der Waals surface area contributed by atoms with Crippen LogP contribution in [0.2, 0.25) is 0 Å². The zero-order valence-electron chi connectivity index (χ0n) is 16.6. The van der Waals surface area contributed by atoms with Crippen LogP contribution in [-0.2, 0) is 33.4 Å². The summed E-state index contributed by atoms with van der Waals surface area (Å²) in [4.78, 5) is 63.0. The lowest BCUT2D eigenvalue weighted by Gasteiger charge is -2.22. The van der Waals surface area contributed by atoms with Gasteiger partial charge in [-0.3, -0.25) is 19.3 Å². The van der Waals surface area contributed by atoms with Gasteiger partial charge in [-0.2, -0.15) is 0 Å². The van der Waals surface area contributed by atoms with Crippen LogP contribution in [0, 0.1) is 11.8 Å². The van der Waals surface area contributed by atoms with Crippen molar-refractivity contribution in [3.05, 3.63) is 22.6 Å². The van der Waals surface area contributed by atoms with Crippen molar-refractivity contribution in [2.75, 3.05) is 20.8 Å². The third kappa shape index (κ3) is 4.56. The van der Waals surface area contributed by atoms with E-state index < -0.39 is 70.6 Å². The van der Waals surface area contributed by atoms with E-state index in [1.807, 2.05) is 0 Å². The molecular weight excluding hydrogens is 372 g/mol. The highest BCUT2D eigenvalue weighted by Crippen LogP contribution is 2.26. The molecule has 0 radical (unpaired) electrons. The second-order valence-electron chi connectivity index (χ2n) is 6.58. The lowest BCUT2D eigenvalue weighted by Crippen LogP contribution is -2.45. The van der Waals surface area contributed by atoms with Gasteiger partial charge >= 0.3 is 11.9 Å². The van der Waals surface area contributed by atoms with Crippen molar-refractivity contribution in [2.24, 2.45) is 11.8 Å². The maximum Gasteiger partial charge on any atom is 0.342 e. The van der Waals surface area contributed by atoms with E-state index in [0.717, 1.165) is 14.2 Å². The zero-order valence-corrected chi connectivity index (χ0v) is 16.6. The average Bonchev–Trinajstić information content (AvgIpc) is 2.75. The van der Waals surface area contributed by atoms with E-state index in [0.29, 0.717) is 4.90 Å². The van der Waals surface area contributed by atoms with Crippen LogP contribution in [0.3, 0.4) is 0 Å². The summed E-state index contributed by atoms with van der Waals surface area (Å²) in [6.45, 7) is 5.46. The molecule has 0 unspecified atom stereocenters. The second kappa shape index (κ2) is 9.16. The van der Waals surface area contributed by atoms with Crippen molar-refractivity contribution in [1.82, 2.24) is 10.2 Å². The van der Waals surface area contributed by atoms with Crippen molar-refractivity contribution < 1.29 is 38.6 Å². The zero-order chi connectivity index (χ0) is 21.8. The quantitative estimate of drug-likeness (QED) is 0.628. The molecule has 3 amide bonds. The summed E-state index contributed by atoms with van der Waals surface area (Å²) in [6, 6.07) is 0. The molecule has 1 heterocycles. The first-order valence-corrected chi connectivity index (χ1v) is 8.47. The summed E-state index contributed by atoms with van der Waals surface area (Å²) in [7, 11) is 2.00. The fourth-order valence-corrected chi connectivity index (χ4v) is 2.31. The monoisotopic (exact) mass is 396 g/mol.